The van der Waals surface area contributed by atoms with E-state index in [2.05, 4.69) is 30.8 Å². The van der Waals surface area contributed by atoms with Crippen LogP contribution in [-0.2, 0) is 6.18 Å². The molecule has 8 nitrogen and oxygen atoms in total. The number of carbonyl (C=O) groups excluding carboxylic acids is 1. The summed E-state index contributed by atoms with van der Waals surface area (Å²) in [6, 6.07) is 14.8. The molecule has 1 atom stereocenters. The highest BCUT2D eigenvalue weighted by molar-refractivity contribution is 7.99. The first-order valence-electron chi connectivity index (χ1n) is 12.0. The maximum atomic E-state index is 13.9. The Morgan fingerprint density at radius 1 is 1.10 bits per heavy atom. The Balaban J connectivity index is 1.33. The van der Waals surface area contributed by atoms with Gasteiger partial charge in [-0.3, -0.25) is 9.89 Å². The lowest BCUT2D eigenvalue weighted by atomic mass is 10.1. The molecule has 202 valence electrons. The second-order valence-corrected chi connectivity index (χ2v) is 9.94. The molecule has 1 saturated heterocycles. The van der Waals surface area contributed by atoms with E-state index in [-0.39, 0.29) is 6.54 Å². The molecule has 3 heterocycles. The van der Waals surface area contributed by atoms with Gasteiger partial charge in [-0.1, -0.05) is 12.1 Å². The maximum absolute atomic E-state index is 13.9. The summed E-state index contributed by atoms with van der Waals surface area (Å²) in [6.07, 6.45) is -5.14. The van der Waals surface area contributed by atoms with Gasteiger partial charge >= 0.3 is 6.18 Å². The minimum atomic E-state index is -4.65. The molecule has 2 aromatic heterocycles. The SMILES string of the molecule is Cc1cc(Nc2cc(N3CCC(F)C3)nc(Sc3ccc(NC(=O)c4ccccc4C(F)(F)F)cc3)n2)[nH]n1. The minimum absolute atomic E-state index is 0.246. The quantitative estimate of drug-likeness (QED) is 0.183. The third kappa shape index (κ3) is 6.48. The Bertz CT molecular complexity index is 1480. The number of aryl methyl sites for hydroxylation is 1. The number of hydrogen-bond acceptors (Lipinski definition) is 7. The monoisotopic (exact) mass is 557 g/mol. The third-order valence-electron chi connectivity index (χ3n) is 5.91. The smallest absolute Gasteiger partial charge is 0.353 e. The lowest BCUT2D eigenvalue weighted by Crippen LogP contribution is -2.21. The second kappa shape index (κ2) is 10.9. The summed E-state index contributed by atoms with van der Waals surface area (Å²) in [5.41, 5.74) is -0.327. The first kappa shape index (κ1) is 26.5. The topological polar surface area (TPSA) is 98.8 Å². The minimum Gasteiger partial charge on any atom is -0.353 e. The molecule has 39 heavy (non-hydrogen) atoms. The fraction of sp³-hybridized carbons (Fsp3) is 0.231. The number of anilines is 4. The molecular formula is C26H23F4N7OS. The number of rotatable bonds is 7. The van der Waals surface area contributed by atoms with E-state index in [9.17, 15) is 22.4 Å². The van der Waals surface area contributed by atoms with Gasteiger partial charge in [0.15, 0.2) is 5.16 Å². The van der Waals surface area contributed by atoms with Crippen molar-refractivity contribution in [2.24, 2.45) is 0 Å². The molecule has 0 saturated carbocycles. The van der Waals surface area contributed by atoms with Crippen LogP contribution in [0.4, 0.5) is 40.7 Å². The number of nitrogens with zero attached hydrogens (tertiary/aromatic N) is 4. The van der Waals surface area contributed by atoms with Gasteiger partial charge in [0.25, 0.3) is 5.91 Å². The van der Waals surface area contributed by atoms with E-state index in [1.54, 1.807) is 30.3 Å². The van der Waals surface area contributed by atoms with E-state index < -0.39 is 29.4 Å². The highest BCUT2D eigenvalue weighted by Crippen LogP contribution is 2.33. The number of aromatic nitrogens is 4. The van der Waals surface area contributed by atoms with Crippen LogP contribution in [0, 0.1) is 6.92 Å². The van der Waals surface area contributed by atoms with Crippen LogP contribution in [0.25, 0.3) is 0 Å². The Labute approximate surface area is 225 Å². The molecule has 0 aliphatic carbocycles. The molecule has 0 bridgehead atoms. The van der Waals surface area contributed by atoms with Gasteiger partial charge in [-0.15, -0.1) is 0 Å². The van der Waals surface area contributed by atoms with E-state index in [1.165, 1.54) is 23.9 Å². The molecule has 1 fully saturated rings. The van der Waals surface area contributed by atoms with Crippen molar-refractivity contribution in [1.82, 2.24) is 20.2 Å². The number of nitrogens with one attached hydrogen (secondary N) is 3. The zero-order valence-electron chi connectivity index (χ0n) is 20.6. The summed E-state index contributed by atoms with van der Waals surface area (Å²) in [4.78, 5) is 24.3. The van der Waals surface area contributed by atoms with E-state index in [0.29, 0.717) is 41.3 Å². The van der Waals surface area contributed by atoms with Gasteiger partial charge in [0.05, 0.1) is 23.4 Å². The number of carbonyl (C=O) groups is 1. The van der Waals surface area contributed by atoms with Gasteiger partial charge in [0.1, 0.15) is 23.6 Å². The van der Waals surface area contributed by atoms with Crippen molar-refractivity contribution >= 4 is 40.8 Å². The van der Waals surface area contributed by atoms with Crippen molar-refractivity contribution in [3.05, 3.63) is 77.5 Å². The molecule has 3 N–H and O–H groups in total. The van der Waals surface area contributed by atoms with Crippen LogP contribution in [-0.4, -0.2) is 45.3 Å². The molecule has 0 radical (unpaired) electrons. The van der Waals surface area contributed by atoms with Crippen LogP contribution in [0.5, 0.6) is 0 Å². The van der Waals surface area contributed by atoms with Gasteiger partial charge in [0.2, 0.25) is 0 Å². The normalized spacial score (nSPS) is 15.4. The zero-order valence-corrected chi connectivity index (χ0v) is 21.4. The van der Waals surface area contributed by atoms with Crippen molar-refractivity contribution in [2.75, 3.05) is 28.6 Å². The maximum Gasteiger partial charge on any atom is 0.417 e. The van der Waals surface area contributed by atoms with Crippen molar-refractivity contribution < 1.29 is 22.4 Å². The lowest BCUT2D eigenvalue weighted by Gasteiger charge is -2.18. The Morgan fingerprint density at radius 2 is 1.87 bits per heavy atom. The van der Waals surface area contributed by atoms with Gasteiger partial charge in [-0.05, 0) is 61.5 Å². The summed E-state index contributed by atoms with van der Waals surface area (Å²) in [6.45, 7) is 2.63. The summed E-state index contributed by atoms with van der Waals surface area (Å²) < 4.78 is 53.7. The fourth-order valence-electron chi connectivity index (χ4n) is 4.07. The van der Waals surface area contributed by atoms with Crippen LogP contribution >= 0.6 is 11.8 Å². The first-order valence-corrected chi connectivity index (χ1v) is 12.8. The largest absolute Gasteiger partial charge is 0.417 e. The number of aromatic amines is 1. The predicted molar refractivity (Wildman–Crippen MR) is 140 cm³/mol. The molecule has 1 amide bonds. The van der Waals surface area contributed by atoms with Crippen LogP contribution in [0.1, 0.15) is 28.0 Å². The van der Waals surface area contributed by atoms with Crippen LogP contribution in [0.2, 0.25) is 0 Å². The number of hydrogen-bond donors (Lipinski definition) is 3. The highest BCUT2D eigenvalue weighted by atomic mass is 32.2. The van der Waals surface area contributed by atoms with Crippen LogP contribution in [0.15, 0.2) is 70.7 Å². The summed E-state index contributed by atoms with van der Waals surface area (Å²) in [5.74, 6) is 0.866. The molecule has 1 aliphatic rings. The molecule has 2 aromatic carbocycles. The number of alkyl halides is 4. The summed E-state index contributed by atoms with van der Waals surface area (Å²) >= 11 is 1.25. The Hall–Kier alpha value is -4.13. The molecule has 13 heteroatoms. The predicted octanol–water partition coefficient (Wildman–Crippen LogP) is 6.22. The molecular weight excluding hydrogens is 534 g/mol. The number of benzene rings is 2. The third-order valence-corrected chi connectivity index (χ3v) is 6.79. The fourth-order valence-corrected chi connectivity index (χ4v) is 4.84. The number of H-pyrrole nitrogens is 1. The molecule has 5 rings (SSSR count). The van der Waals surface area contributed by atoms with Gasteiger partial charge in [-0.25, -0.2) is 14.4 Å². The lowest BCUT2D eigenvalue weighted by molar-refractivity contribution is -0.137. The Kier molecular flexibility index (Phi) is 7.42. The summed E-state index contributed by atoms with van der Waals surface area (Å²) in [7, 11) is 0. The highest BCUT2D eigenvalue weighted by Gasteiger charge is 2.34. The van der Waals surface area contributed by atoms with Crippen molar-refractivity contribution in [3.8, 4) is 0 Å². The van der Waals surface area contributed by atoms with E-state index in [4.69, 9.17) is 0 Å². The van der Waals surface area contributed by atoms with E-state index >= 15 is 0 Å². The average Bonchev–Trinajstić information content (AvgIpc) is 3.52. The Morgan fingerprint density at radius 3 is 2.54 bits per heavy atom. The van der Waals surface area contributed by atoms with Gasteiger partial charge in [-0.2, -0.15) is 18.3 Å². The molecule has 1 unspecified atom stereocenters. The summed E-state index contributed by atoms with van der Waals surface area (Å²) in [5, 5.41) is 13.0. The molecule has 0 spiro atoms. The second-order valence-electron chi connectivity index (χ2n) is 8.90. The standard InChI is InChI=1S/C26H23F4N7OS/c1-15-12-22(36-35-15)32-21-13-23(37-11-10-16(27)14-37)34-25(33-21)39-18-8-6-17(7-9-18)31-24(38)19-4-2-3-5-20(19)26(28,29)30/h2-9,12-13,16H,10-11,14H2,1H3,(H,31,38)(H2,32,33,34,35,36). The van der Waals surface area contributed by atoms with Gasteiger partial charge in [0, 0.05) is 29.3 Å². The number of amides is 1. The van der Waals surface area contributed by atoms with E-state index in [1.807, 2.05) is 17.9 Å². The molecule has 1 aliphatic heterocycles. The van der Waals surface area contributed by atoms with Gasteiger partial charge < -0.3 is 15.5 Å². The number of halogens is 4. The van der Waals surface area contributed by atoms with Crippen LogP contribution < -0.4 is 15.5 Å². The van der Waals surface area contributed by atoms with E-state index in [0.717, 1.165) is 22.7 Å². The van der Waals surface area contributed by atoms with Crippen molar-refractivity contribution in [3.63, 3.8) is 0 Å². The van der Waals surface area contributed by atoms with Crippen molar-refractivity contribution in [1.29, 1.82) is 0 Å². The first-order chi connectivity index (χ1) is 18.6. The van der Waals surface area contributed by atoms with Crippen LogP contribution in [0.3, 0.4) is 0 Å². The zero-order chi connectivity index (χ0) is 27.6. The molecule has 4 aromatic rings. The van der Waals surface area contributed by atoms with Crippen molar-refractivity contribution in [2.45, 2.75) is 35.7 Å². The average molecular weight is 558 g/mol.